The molecule has 7 heteroatoms. The summed E-state index contributed by atoms with van der Waals surface area (Å²) in [5.41, 5.74) is 6.99. The van der Waals surface area contributed by atoms with Crippen molar-refractivity contribution in [1.29, 1.82) is 0 Å². The number of unbranched alkanes of at least 4 members (excludes halogenated alkanes) is 1. The van der Waals surface area contributed by atoms with Gasteiger partial charge in [0.2, 0.25) is 10.0 Å². The van der Waals surface area contributed by atoms with Gasteiger partial charge >= 0.3 is 0 Å². The monoisotopic (exact) mass is 579 g/mol. The minimum Gasteiger partial charge on any atom is -0.344 e. The number of hydrogen-bond acceptors (Lipinski definition) is 4. The van der Waals surface area contributed by atoms with Gasteiger partial charge in [-0.05, 0) is 86.5 Å². The average Bonchev–Trinajstić information content (AvgIpc) is 2.93. The summed E-state index contributed by atoms with van der Waals surface area (Å²) in [4.78, 5) is 0.268. The number of halogens is 1. The molecule has 4 aromatic carbocycles. The third kappa shape index (κ3) is 9.01. The van der Waals surface area contributed by atoms with Crippen molar-refractivity contribution in [1.82, 2.24) is 16.2 Å². The van der Waals surface area contributed by atoms with Crippen LogP contribution in [0.2, 0.25) is 0 Å². The maximum Gasteiger partial charge on any atom is 0.241 e. The van der Waals surface area contributed by atoms with Crippen molar-refractivity contribution in [3.05, 3.63) is 137 Å². The molecule has 0 fully saturated rings. The van der Waals surface area contributed by atoms with Crippen LogP contribution in [-0.2, 0) is 16.4 Å². The summed E-state index contributed by atoms with van der Waals surface area (Å²) in [6, 6.07) is 32.9. The van der Waals surface area contributed by atoms with Crippen molar-refractivity contribution in [2.45, 2.75) is 57.0 Å². The number of hydrogen-bond donors (Lipinski definition) is 3. The van der Waals surface area contributed by atoms with Crippen LogP contribution in [0.5, 0.6) is 0 Å². The van der Waals surface area contributed by atoms with E-state index < -0.39 is 16.1 Å². The van der Waals surface area contributed by atoms with Gasteiger partial charge in [0.15, 0.2) is 0 Å². The molecule has 0 amide bonds. The van der Waals surface area contributed by atoms with Crippen LogP contribution in [0.3, 0.4) is 0 Å². The van der Waals surface area contributed by atoms with Gasteiger partial charge in [-0.25, -0.2) is 13.1 Å². The highest BCUT2D eigenvalue weighted by Crippen LogP contribution is 2.31. The van der Waals surface area contributed by atoms with Gasteiger partial charge < -0.3 is 11.5 Å². The number of sulfonamides is 1. The molecule has 0 unspecified atom stereocenters. The predicted octanol–water partition coefficient (Wildman–Crippen LogP) is 7.57. The van der Waals surface area contributed by atoms with Crippen LogP contribution in [-0.4, -0.2) is 15.0 Å². The fourth-order valence-electron chi connectivity index (χ4n) is 4.70. The van der Waals surface area contributed by atoms with E-state index in [1.807, 2.05) is 67.6 Å². The van der Waals surface area contributed by atoms with Crippen molar-refractivity contribution < 1.29 is 8.42 Å². The number of nitrogens with one attached hydrogen (secondary N) is 2. The van der Waals surface area contributed by atoms with E-state index in [1.165, 1.54) is 16.7 Å². The molecular weight excluding hydrogens is 538 g/mol. The van der Waals surface area contributed by atoms with Crippen LogP contribution >= 0.6 is 12.4 Å². The second kappa shape index (κ2) is 15.7. The first-order chi connectivity index (χ1) is 18.3. The van der Waals surface area contributed by atoms with Crippen molar-refractivity contribution in [3.8, 4) is 0 Å². The van der Waals surface area contributed by atoms with E-state index in [9.17, 15) is 8.42 Å². The molecule has 0 bridgehead atoms. The van der Waals surface area contributed by atoms with Crippen LogP contribution in [0, 0.1) is 20.8 Å². The second-order valence-electron chi connectivity index (χ2n) is 10.0. The van der Waals surface area contributed by atoms with E-state index in [0.29, 0.717) is 0 Å². The summed E-state index contributed by atoms with van der Waals surface area (Å²) in [6.45, 7) is 7.03. The molecule has 0 aromatic heterocycles. The minimum atomic E-state index is -3.75. The van der Waals surface area contributed by atoms with Crippen LogP contribution in [0.25, 0.3) is 0 Å². The van der Waals surface area contributed by atoms with Crippen molar-refractivity contribution >= 4 is 22.4 Å². The van der Waals surface area contributed by atoms with Crippen molar-refractivity contribution in [3.63, 3.8) is 0 Å². The zero-order valence-electron chi connectivity index (χ0n) is 23.6. The van der Waals surface area contributed by atoms with Gasteiger partial charge in [-0.3, -0.25) is 0 Å². The summed E-state index contributed by atoms with van der Waals surface area (Å²) in [6.07, 6.45) is 3.07. The molecule has 4 aromatic rings. The summed E-state index contributed by atoms with van der Waals surface area (Å²) < 4.78 is 30.0. The van der Waals surface area contributed by atoms with Gasteiger partial charge in [-0.2, -0.15) is 0 Å². The molecule has 0 aliphatic carbocycles. The number of benzene rings is 4. The van der Waals surface area contributed by atoms with Gasteiger partial charge in [0, 0.05) is 0 Å². The Morgan fingerprint density at radius 1 is 0.675 bits per heavy atom. The van der Waals surface area contributed by atoms with E-state index in [0.717, 1.165) is 42.5 Å². The third-order valence-corrected chi connectivity index (χ3v) is 8.55. The topological polar surface area (TPSA) is 93.2 Å². The highest BCUT2D eigenvalue weighted by molar-refractivity contribution is 7.89. The highest BCUT2D eigenvalue weighted by atomic mass is 35.5. The molecule has 0 radical (unpaired) electrons. The van der Waals surface area contributed by atoms with Crippen LogP contribution in [0.15, 0.2) is 108 Å². The summed E-state index contributed by atoms with van der Waals surface area (Å²) in [7, 11) is -3.75. The Morgan fingerprint density at radius 3 is 1.82 bits per heavy atom. The van der Waals surface area contributed by atoms with Crippen LogP contribution in [0.4, 0.5) is 0 Å². The lowest BCUT2D eigenvalue weighted by molar-refractivity contribution is 0.417. The lowest BCUT2D eigenvalue weighted by Gasteiger charge is -2.30. The van der Waals surface area contributed by atoms with Crippen LogP contribution in [0.1, 0.15) is 58.3 Å². The standard InChI is InChI=1S/C33H38N2O2S.ClH.H3N/c1-25-17-21-31(22-18-25)38(36,37)35-33(30-15-8-5-9-16-30)32(29-13-6-4-7-14-29)34-23-11-10-12-28-20-19-26(2)27(3)24-28;;/h4-9,13-22,24,32-35H,10-12,23H2,1-3H3;1H;1H3/t32-,33-;;/m0../s1. The van der Waals surface area contributed by atoms with Crippen LogP contribution < -0.4 is 16.2 Å². The molecule has 2 atom stereocenters. The van der Waals surface area contributed by atoms with Crippen molar-refractivity contribution in [2.75, 3.05) is 6.54 Å². The molecule has 0 saturated heterocycles. The lowest BCUT2D eigenvalue weighted by atomic mass is 9.94. The van der Waals surface area contributed by atoms with E-state index in [-0.39, 0.29) is 29.5 Å². The second-order valence-corrected chi connectivity index (χ2v) is 11.8. The zero-order chi connectivity index (χ0) is 27.0. The normalized spacial score (nSPS) is 12.6. The van der Waals surface area contributed by atoms with E-state index in [4.69, 9.17) is 0 Å². The number of rotatable bonds is 12. The Kier molecular flexibility index (Phi) is 13.0. The zero-order valence-corrected chi connectivity index (χ0v) is 25.3. The van der Waals surface area contributed by atoms with Gasteiger partial charge in [-0.15, -0.1) is 12.4 Å². The molecule has 0 heterocycles. The molecule has 0 spiro atoms. The molecule has 40 heavy (non-hydrogen) atoms. The van der Waals surface area contributed by atoms with Gasteiger partial charge in [0.1, 0.15) is 0 Å². The predicted molar refractivity (Wildman–Crippen MR) is 169 cm³/mol. The largest absolute Gasteiger partial charge is 0.344 e. The summed E-state index contributed by atoms with van der Waals surface area (Å²) in [5, 5.41) is 3.70. The smallest absolute Gasteiger partial charge is 0.241 e. The molecule has 5 nitrogen and oxygen atoms in total. The molecule has 0 saturated carbocycles. The summed E-state index contributed by atoms with van der Waals surface area (Å²) in [5.74, 6) is 0. The van der Waals surface area contributed by atoms with E-state index in [2.05, 4.69) is 54.2 Å². The molecule has 0 aliphatic rings. The Hall–Kier alpha value is -3.00. The Labute approximate surface area is 246 Å². The SMILES string of the molecule is Cc1ccc(S(=O)(=O)N[C@@H](c2ccccc2)[C@@H](NCCCCc2ccc(C)c(C)c2)c2ccccc2)cc1.Cl.N. The first-order valence-electron chi connectivity index (χ1n) is 13.3. The molecule has 5 N–H and O–H groups in total. The highest BCUT2D eigenvalue weighted by Gasteiger charge is 2.29. The van der Waals surface area contributed by atoms with Gasteiger partial charge in [-0.1, -0.05) is 96.6 Å². The first kappa shape index (κ1) is 33.2. The lowest BCUT2D eigenvalue weighted by Crippen LogP contribution is -2.39. The quantitative estimate of drug-likeness (QED) is 0.151. The van der Waals surface area contributed by atoms with E-state index >= 15 is 0 Å². The summed E-state index contributed by atoms with van der Waals surface area (Å²) >= 11 is 0. The molecule has 0 aliphatic heterocycles. The van der Waals surface area contributed by atoms with Gasteiger partial charge in [0.05, 0.1) is 17.0 Å². The Balaban J connectivity index is 0.00000280. The average molecular weight is 580 g/mol. The first-order valence-corrected chi connectivity index (χ1v) is 14.8. The van der Waals surface area contributed by atoms with Gasteiger partial charge in [0.25, 0.3) is 0 Å². The molecule has 4 rings (SSSR count). The number of aryl methyl sites for hydroxylation is 4. The maximum atomic E-state index is 13.5. The molecule has 214 valence electrons. The van der Waals surface area contributed by atoms with Crippen molar-refractivity contribution in [2.24, 2.45) is 0 Å². The third-order valence-electron chi connectivity index (χ3n) is 7.09. The fraction of sp³-hybridized carbons (Fsp3) is 0.273. The molecular formula is C33H42ClN3O2S. The Bertz CT molecular complexity index is 1410. The minimum absolute atomic E-state index is 0. The van der Waals surface area contributed by atoms with E-state index in [1.54, 1.807) is 12.1 Å². The Morgan fingerprint density at radius 2 is 1.25 bits per heavy atom. The fourth-order valence-corrected chi connectivity index (χ4v) is 5.94. The maximum absolute atomic E-state index is 13.5.